The molecule has 0 fully saturated rings. The van der Waals surface area contributed by atoms with Crippen LogP contribution in [0.3, 0.4) is 0 Å². The maximum Gasteiger partial charge on any atom is 0.0945 e. The highest BCUT2D eigenvalue weighted by atomic mass is 16.3. The number of rotatable bonds is 7. The molecule has 0 radical (unpaired) electrons. The summed E-state index contributed by atoms with van der Waals surface area (Å²) in [5, 5.41) is 23.2. The molecule has 0 bridgehead atoms. The van der Waals surface area contributed by atoms with E-state index in [1.54, 1.807) is 0 Å². The van der Waals surface area contributed by atoms with E-state index in [0.717, 1.165) is 12.0 Å². The van der Waals surface area contributed by atoms with Gasteiger partial charge in [-0.3, -0.25) is 0 Å². The molecule has 19 heavy (non-hydrogen) atoms. The summed E-state index contributed by atoms with van der Waals surface area (Å²) < 4.78 is 0. The number of nitrogens with one attached hydrogen (secondary N) is 1. The van der Waals surface area contributed by atoms with E-state index in [1.807, 2.05) is 38.1 Å². The Bertz CT molecular complexity index is 358. The van der Waals surface area contributed by atoms with Gasteiger partial charge in [0.1, 0.15) is 0 Å². The van der Waals surface area contributed by atoms with E-state index < -0.39 is 6.10 Å². The van der Waals surface area contributed by atoms with Gasteiger partial charge in [0.15, 0.2) is 0 Å². The van der Waals surface area contributed by atoms with E-state index in [9.17, 15) is 10.2 Å². The van der Waals surface area contributed by atoms with Crippen molar-refractivity contribution in [2.24, 2.45) is 5.92 Å². The monoisotopic (exact) mass is 265 g/mol. The summed E-state index contributed by atoms with van der Waals surface area (Å²) in [4.78, 5) is 0. The molecule has 0 saturated heterocycles. The van der Waals surface area contributed by atoms with E-state index in [2.05, 4.69) is 19.2 Å². The summed E-state index contributed by atoms with van der Waals surface area (Å²) >= 11 is 0. The van der Waals surface area contributed by atoms with Gasteiger partial charge in [0, 0.05) is 12.1 Å². The van der Waals surface area contributed by atoms with Gasteiger partial charge in [-0.05, 0) is 24.8 Å². The van der Waals surface area contributed by atoms with Crippen molar-refractivity contribution < 1.29 is 10.2 Å². The maximum absolute atomic E-state index is 10.5. The zero-order valence-corrected chi connectivity index (χ0v) is 12.4. The lowest BCUT2D eigenvalue weighted by atomic mass is 9.92. The van der Waals surface area contributed by atoms with Crippen molar-refractivity contribution in [2.45, 2.75) is 52.3 Å². The molecular formula is C16H27NO2. The Morgan fingerprint density at radius 2 is 1.74 bits per heavy atom. The predicted molar refractivity (Wildman–Crippen MR) is 79.1 cm³/mol. The first-order valence-corrected chi connectivity index (χ1v) is 7.11. The Morgan fingerprint density at radius 3 is 2.16 bits per heavy atom. The summed E-state index contributed by atoms with van der Waals surface area (Å²) in [6, 6.07) is 7.94. The van der Waals surface area contributed by atoms with Crippen molar-refractivity contribution in [3.63, 3.8) is 0 Å². The highest BCUT2D eigenvalue weighted by Crippen LogP contribution is 2.23. The van der Waals surface area contributed by atoms with Crippen LogP contribution in [-0.4, -0.2) is 28.9 Å². The largest absolute Gasteiger partial charge is 0.395 e. The maximum atomic E-state index is 10.5. The first kappa shape index (κ1) is 16.2. The van der Waals surface area contributed by atoms with Crippen molar-refractivity contribution in [3.05, 3.63) is 35.4 Å². The Labute approximate surface area is 116 Å². The second-order valence-electron chi connectivity index (χ2n) is 5.58. The fourth-order valence-electron chi connectivity index (χ4n) is 2.19. The molecule has 3 N–H and O–H groups in total. The third kappa shape index (κ3) is 4.60. The van der Waals surface area contributed by atoms with Crippen molar-refractivity contribution in [1.82, 2.24) is 5.32 Å². The van der Waals surface area contributed by atoms with Crippen LogP contribution in [0.5, 0.6) is 0 Å². The van der Waals surface area contributed by atoms with Gasteiger partial charge in [-0.2, -0.15) is 0 Å². The Kier molecular flexibility index (Phi) is 6.49. The Balaban J connectivity index is 2.83. The van der Waals surface area contributed by atoms with Crippen LogP contribution in [0, 0.1) is 12.8 Å². The van der Waals surface area contributed by atoms with Gasteiger partial charge >= 0.3 is 0 Å². The third-order valence-electron chi connectivity index (χ3n) is 3.62. The Morgan fingerprint density at radius 1 is 1.16 bits per heavy atom. The SMILES string of the molecule is CCC(CO)NC(C(C)C)C(O)c1ccc(C)cc1. The zero-order valence-electron chi connectivity index (χ0n) is 12.4. The van der Waals surface area contributed by atoms with Crippen LogP contribution in [0.25, 0.3) is 0 Å². The van der Waals surface area contributed by atoms with Gasteiger partial charge in [-0.25, -0.2) is 0 Å². The third-order valence-corrected chi connectivity index (χ3v) is 3.62. The average molecular weight is 265 g/mol. The van der Waals surface area contributed by atoms with Gasteiger partial charge in [-0.15, -0.1) is 0 Å². The standard InChI is InChI=1S/C16H27NO2/c1-5-14(10-18)17-15(11(2)3)16(19)13-8-6-12(4)7-9-13/h6-9,11,14-19H,5,10H2,1-4H3. The van der Waals surface area contributed by atoms with Gasteiger partial charge in [0.05, 0.1) is 12.7 Å². The van der Waals surface area contributed by atoms with E-state index >= 15 is 0 Å². The zero-order chi connectivity index (χ0) is 14.4. The number of hydrogen-bond acceptors (Lipinski definition) is 3. The lowest BCUT2D eigenvalue weighted by molar-refractivity contribution is 0.0886. The van der Waals surface area contributed by atoms with Crippen molar-refractivity contribution >= 4 is 0 Å². The minimum atomic E-state index is -0.554. The highest BCUT2D eigenvalue weighted by Gasteiger charge is 2.25. The van der Waals surface area contributed by atoms with E-state index in [4.69, 9.17) is 0 Å². The second kappa shape index (κ2) is 7.63. The summed E-state index contributed by atoms with van der Waals surface area (Å²) in [7, 11) is 0. The second-order valence-corrected chi connectivity index (χ2v) is 5.58. The minimum absolute atomic E-state index is 0.0347. The lowest BCUT2D eigenvalue weighted by Crippen LogP contribution is -2.46. The van der Waals surface area contributed by atoms with Gasteiger partial charge < -0.3 is 15.5 Å². The fourth-order valence-corrected chi connectivity index (χ4v) is 2.19. The molecule has 0 aliphatic rings. The Hall–Kier alpha value is -0.900. The molecule has 3 atom stereocenters. The number of benzene rings is 1. The smallest absolute Gasteiger partial charge is 0.0945 e. The average Bonchev–Trinajstić information content (AvgIpc) is 2.40. The van der Waals surface area contributed by atoms with Crippen molar-refractivity contribution in [3.8, 4) is 0 Å². The van der Waals surface area contributed by atoms with Gasteiger partial charge in [-0.1, -0.05) is 50.6 Å². The molecule has 3 nitrogen and oxygen atoms in total. The number of aliphatic hydroxyl groups is 2. The molecule has 0 aliphatic carbocycles. The molecule has 0 amide bonds. The van der Waals surface area contributed by atoms with Crippen molar-refractivity contribution in [2.75, 3.05) is 6.61 Å². The number of hydrogen-bond donors (Lipinski definition) is 3. The van der Waals surface area contributed by atoms with Crippen LogP contribution in [0.1, 0.15) is 44.4 Å². The first-order valence-electron chi connectivity index (χ1n) is 7.11. The van der Waals surface area contributed by atoms with Crippen molar-refractivity contribution in [1.29, 1.82) is 0 Å². The van der Waals surface area contributed by atoms with Crippen LogP contribution >= 0.6 is 0 Å². The lowest BCUT2D eigenvalue weighted by Gasteiger charge is -2.31. The molecular weight excluding hydrogens is 238 g/mol. The number of aryl methyl sites for hydroxylation is 1. The molecule has 0 spiro atoms. The summed E-state index contributed by atoms with van der Waals surface area (Å²) in [6.07, 6.45) is 0.293. The molecule has 3 unspecified atom stereocenters. The molecule has 1 rings (SSSR count). The predicted octanol–water partition coefficient (Wildman–Crippen LogP) is 2.41. The van der Waals surface area contributed by atoms with Crippen LogP contribution < -0.4 is 5.32 Å². The molecule has 3 heteroatoms. The summed E-state index contributed by atoms with van der Waals surface area (Å²) in [6.45, 7) is 8.33. The topological polar surface area (TPSA) is 52.5 Å². The fraction of sp³-hybridized carbons (Fsp3) is 0.625. The van der Waals surface area contributed by atoms with E-state index in [1.165, 1.54) is 5.56 Å². The molecule has 0 heterocycles. The van der Waals surface area contributed by atoms with Crippen LogP contribution in [-0.2, 0) is 0 Å². The minimum Gasteiger partial charge on any atom is -0.395 e. The van der Waals surface area contributed by atoms with Crippen LogP contribution in [0.15, 0.2) is 24.3 Å². The molecule has 1 aromatic carbocycles. The van der Waals surface area contributed by atoms with E-state index in [0.29, 0.717) is 0 Å². The first-order chi connectivity index (χ1) is 8.99. The van der Waals surface area contributed by atoms with Gasteiger partial charge in [0.2, 0.25) is 0 Å². The number of aliphatic hydroxyl groups excluding tert-OH is 2. The molecule has 0 aromatic heterocycles. The molecule has 108 valence electrons. The molecule has 0 aliphatic heterocycles. The van der Waals surface area contributed by atoms with Crippen LogP contribution in [0.2, 0.25) is 0 Å². The summed E-state index contributed by atoms with van der Waals surface area (Å²) in [5.74, 6) is 0.289. The molecule has 0 saturated carbocycles. The van der Waals surface area contributed by atoms with Gasteiger partial charge in [0.25, 0.3) is 0 Å². The molecule has 1 aromatic rings. The highest BCUT2D eigenvalue weighted by molar-refractivity contribution is 5.24. The normalized spacial score (nSPS) is 16.4. The van der Waals surface area contributed by atoms with E-state index in [-0.39, 0.29) is 24.6 Å². The summed E-state index contributed by atoms with van der Waals surface area (Å²) in [5.41, 5.74) is 2.11. The van der Waals surface area contributed by atoms with Crippen LogP contribution in [0.4, 0.5) is 0 Å². The quantitative estimate of drug-likeness (QED) is 0.709.